The lowest BCUT2D eigenvalue weighted by Gasteiger charge is -2.26. The third-order valence-corrected chi connectivity index (χ3v) is 4.62. The van der Waals surface area contributed by atoms with Crippen molar-refractivity contribution in [3.63, 3.8) is 0 Å². The van der Waals surface area contributed by atoms with E-state index in [1.807, 2.05) is 0 Å². The summed E-state index contributed by atoms with van der Waals surface area (Å²) >= 11 is 0. The number of ether oxygens (including phenoxy) is 4. The lowest BCUT2D eigenvalue weighted by molar-refractivity contribution is -0.146. The average Bonchev–Trinajstić information content (AvgIpc) is 3.24. The van der Waals surface area contributed by atoms with Crippen LogP contribution in [0.4, 0.5) is 18.4 Å². The molecule has 2 aliphatic rings. The largest absolute Gasteiger partial charge is 0.467 e. The van der Waals surface area contributed by atoms with Crippen LogP contribution >= 0.6 is 0 Å². The smallest absolute Gasteiger partial charge is 0.411 e. The Balaban J connectivity index is 0.000000351. The molecular weight excluding hydrogens is 474 g/mol. The van der Waals surface area contributed by atoms with Crippen LogP contribution in [0.1, 0.15) is 54.4 Å². The van der Waals surface area contributed by atoms with Crippen molar-refractivity contribution < 1.29 is 51.7 Å². The van der Waals surface area contributed by atoms with Gasteiger partial charge < -0.3 is 18.9 Å². The van der Waals surface area contributed by atoms with E-state index >= 15 is 0 Å². The molecule has 0 saturated carbocycles. The highest BCUT2D eigenvalue weighted by molar-refractivity contribution is 5.95. The molecule has 0 spiro atoms. The lowest BCUT2D eigenvalue weighted by Crippen LogP contribution is -2.44. The second kappa shape index (κ2) is 11.2. The van der Waals surface area contributed by atoms with Gasteiger partial charge in [-0.05, 0) is 41.5 Å². The molecule has 2 fully saturated rings. The summed E-state index contributed by atoms with van der Waals surface area (Å²) in [6.07, 6.45) is -2.35. The number of hydrogen-bond acceptors (Lipinski definition) is 9. The van der Waals surface area contributed by atoms with Crippen LogP contribution in [-0.4, -0.2) is 96.2 Å². The minimum atomic E-state index is -3.10. The van der Waals surface area contributed by atoms with Crippen molar-refractivity contribution >= 4 is 29.9 Å². The van der Waals surface area contributed by atoms with Gasteiger partial charge in [0.25, 0.3) is 5.92 Å². The Morgan fingerprint density at radius 2 is 1.26 bits per heavy atom. The van der Waals surface area contributed by atoms with E-state index in [2.05, 4.69) is 9.47 Å². The molecule has 2 atom stereocenters. The van der Waals surface area contributed by atoms with E-state index in [0.29, 0.717) is 0 Å². The number of esters is 2. The van der Waals surface area contributed by atoms with Gasteiger partial charge in [0.1, 0.15) is 23.3 Å². The number of nitrogens with zero attached hydrogens (tertiary/aromatic N) is 2. The average molecular weight is 509 g/mol. The maximum atomic E-state index is 13.3. The first-order valence-corrected chi connectivity index (χ1v) is 10.8. The monoisotopic (exact) mass is 508 g/mol. The van der Waals surface area contributed by atoms with E-state index in [-0.39, 0.29) is 18.7 Å². The van der Waals surface area contributed by atoms with Crippen LogP contribution in [0, 0.1) is 0 Å². The van der Waals surface area contributed by atoms with Crippen LogP contribution in [0.3, 0.4) is 0 Å². The number of hydrogen-bond donors (Lipinski definition) is 0. The highest BCUT2D eigenvalue weighted by Crippen LogP contribution is 2.33. The molecule has 13 heteroatoms. The van der Waals surface area contributed by atoms with Crippen molar-refractivity contribution in [3.8, 4) is 0 Å². The number of alkyl halides is 2. The molecule has 0 aromatic heterocycles. The fourth-order valence-electron chi connectivity index (χ4n) is 3.23. The Kier molecular flexibility index (Phi) is 9.58. The van der Waals surface area contributed by atoms with Crippen molar-refractivity contribution in [1.82, 2.24) is 9.80 Å². The van der Waals surface area contributed by atoms with Gasteiger partial charge in [0.15, 0.2) is 5.78 Å². The standard InChI is InChI=1S/C11H17F2NO4.C11H17NO5/c1-10(2,3)18-9(16)14-6-11(12,13)5-7(14)8(15)17-4;1-11(2,3)17-10(15)12-6-7(13)5-8(12)9(14)16-4/h7H,5-6H2,1-4H3;8H,5-6H2,1-4H3/t7-;8-/m11/s1. The molecule has 2 amide bonds. The van der Waals surface area contributed by atoms with Crippen molar-refractivity contribution in [2.45, 2.75) is 83.6 Å². The van der Waals surface area contributed by atoms with Crippen molar-refractivity contribution in [1.29, 1.82) is 0 Å². The van der Waals surface area contributed by atoms with Crippen LogP contribution < -0.4 is 0 Å². The number of rotatable bonds is 2. The van der Waals surface area contributed by atoms with Crippen molar-refractivity contribution in [2.24, 2.45) is 0 Å². The molecule has 0 aliphatic carbocycles. The molecular formula is C22H34F2N2O9. The number of Topliss-reactive ketones (excluding diaryl/α,β-unsaturated/α-hetero) is 1. The molecule has 0 radical (unpaired) electrons. The molecule has 0 N–H and O–H groups in total. The topological polar surface area (TPSA) is 129 Å². The lowest BCUT2D eigenvalue weighted by atomic mass is 10.2. The summed E-state index contributed by atoms with van der Waals surface area (Å²) in [5.74, 6) is -4.73. The molecule has 35 heavy (non-hydrogen) atoms. The van der Waals surface area contributed by atoms with Gasteiger partial charge in [-0.25, -0.2) is 28.0 Å². The van der Waals surface area contributed by atoms with E-state index < -0.39 is 66.3 Å². The Bertz CT molecular complexity index is 834. The maximum absolute atomic E-state index is 13.3. The number of carbonyl (C=O) groups excluding carboxylic acids is 5. The van der Waals surface area contributed by atoms with Gasteiger partial charge in [-0.2, -0.15) is 0 Å². The van der Waals surface area contributed by atoms with Gasteiger partial charge in [-0.1, -0.05) is 0 Å². The van der Waals surface area contributed by atoms with Crippen molar-refractivity contribution in [3.05, 3.63) is 0 Å². The predicted molar refractivity (Wildman–Crippen MR) is 117 cm³/mol. The number of carbonyl (C=O) groups is 5. The SMILES string of the molecule is COC(=O)[C@H]1CC(=O)CN1C(=O)OC(C)(C)C.COC(=O)[C@H]1CC(F)(F)CN1C(=O)OC(C)(C)C. The number of ketones is 1. The molecule has 11 nitrogen and oxygen atoms in total. The fraction of sp³-hybridized carbons (Fsp3) is 0.773. The highest BCUT2D eigenvalue weighted by Gasteiger charge is 2.51. The third-order valence-electron chi connectivity index (χ3n) is 4.62. The summed E-state index contributed by atoms with van der Waals surface area (Å²) in [5, 5.41) is 0. The minimum absolute atomic E-state index is 0.00802. The Labute approximate surface area is 203 Å². The Morgan fingerprint density at radius 3 is 1.69 bits per heavy atom. The quantitative estimate of drug-likeness (QED) is 0.408. The molecule has 0 bridgehead atoms. The fourth-order valence-corrected chi connectivity index (χ4v) is 3.23. The first-order chi connectivity index (χ1) is 15.8. The zero-order chi connectivity index (χ0) is 27.4. The van der Waals surface area contributed by atoms with E-state index in [9.17, 15) is 32.8 Å². The number of halogens is 2. The summed E-state index contributed by atoms with van der Waals surface area (Å²) in [4.78, 5) is 59.4. The molecule has 2 saturated heterocycles. The van der Waals surface area contributed by atoms with E-state index in [1.165, 1.54) is 7.11 Å². The van der Waals surface area contributed by atoms with E-state index in [0.717, 1.165) is 16.9 Å². The normalized spacial score (nSPS) is 21.6. The number of likely N-dealkylation sites (tertiary alicyclic amines) is 2. The van der Waals surface area contributed by atoms with E-state index in [1.54, 1.807) is 41.5 Å². The summed E-state index contributed by atoms with van der Waals surface area (Å²) in [5.41, 5.74) is -1.47. The summed E-state index contributed by atoms with van der Waals surface area (Å²) in [6, 6.07) is -2.15. The Hall–Kier alpha value is -2.99. The number of methoxy groups -OCH3 is 2. The maximum Gasteiger partial charge on any atom is 0.411 e. The first-order valence-electron chi connectivity index (χ1n) is 10.8. The van der Waals surface area contributed by atoms with Crippen LogP contribution in [0.5, 0.6) is 0 Å². The third kappa shape index (κ3) is 9.29. The zero-order valence-electron chi connectivity index (χ0n) is 21.3. The Morgan fingerprint density at radius 1 is 0.829 bits per heavy atom. The molecule has 200 valence electrons. The predicted octanol–water partition coefficient (Wildman–Crippen LogP) is 2.54. The molecule has 0 unspecified atom stereocenters. The summed E-state index contributed by atoms with van der Waals surface area (Å²) < 4.78 is 45.6. The van der Waals surface area contributed by atoms with Gasteiger partial charge in [-0.15, -0.1) is 0 Å². The molecule has 0 aromatic carbocycles. The summed E-state index contributed by atoms with van der Waals surface area (Å²) in [7, 11) is 2.31. The molecule has 2 heterocycles. The number of amides is 2. The van der Waals surface area contributed by atoms with Gasteiger partial charge >= 0.3 is 24.1 Å². The molecule has 0 aromatic rings. The van der Waals surface area contributed by atoms with Crippen LogP contribution in [-0.2, 0) is 33.3 Å². The van der Waals surface area contributed by atoms with Gasteiger partial charge in [0, 0.05) is 12.8 Å². The second-order valence-electron chi connectivity index (χ2n) is 10.1. The van der Waals surface area contributed by atoms with E-state index in [4.69, 9.17) is 9.47 Å². The van der Waals surface area contributed by atoms with Crippen LogP contribution in [0.25, 0.3) is 0 Å². The second-order valence-corrected chi connectivity index (χ2v) is 10.1. The summed E-state index contributed by atoms with van der Waals surface area (Å²) in [6.45, 7) is 9.07. The van der Waals surface area contributed by atoms with Crippen molar-refractivity contribution in [2.75, 3.05) is 27.3 Å². The van der Waals surface area contributed by atoms with Gasteiger partial charge in [0.05, 0.1) is 27.3 Å². The van der Waals surface area contributed by atoms with Crippen LogP contribution in [0.15, 0.2) is 0 Å². The molecule has 2 aliphatic heterocycles. The highest BCUT2D eigenvalue weighted by atomic mass is 19.3. The first kappa shape index (κ1) is 30.0. The molecule has 2 rings (SSSR count). The van der Waals surface area contributed by atoms with Gasteiger partial charge in [0.2, 0.25) is 0 Å². The van der Waals surface area contributed by atoms with Crippen LogP contribution in [0.2, 0.25) is 0 Å². The zero-order valence-corrected chi connectivity index (χ0v) is 21.3. The van der Waals surface area contributed by atoms with Gasteiger partial charge in [-0.3, -0.25) is 14.6 Å². The minimum Gasteiger partial charge on any atom is -0.467 e.